The Hall–Kier alpha value is -1.19. The Bertz CT molecular complexity index is 496. The van der Waals surface area contributed by atoms with Crippen LogP contribution in [0, 0.1) is 26.7 Å². The summed E-state index contributed by atoms with van der Waals surface area (Å²) >= 11 is 0. The third-order valence-electron chi connectivity index (χ3n) is 4.42. The summed E-state index contributed by atoms with van der Waals surface area (Å²) in [5.41, 5.74) is 4.35. The van der Waals surface area contributed by atoms with E-state index in [9.17, 15) is 4.79 Å². The van der Waals surface area contributed by atoms with E-state index in [1.165, 1.54) is 11.1 Å². The topological polar surface area (TPSA) is 40.5 Å². The lowest BCUT2D eigenvalue weighted by Crippen LogP contribution is -2.28. The SMILES string of the molecule is Cc1cc(C)c(C(=O)CN2CCC(CCO)C2)cc1C. The van der Waals surface area contributed by atoms with Crippen LogP contribution in [0.1, 0.15) is 39.9 Å². The fraction of sp³-hybridized carbons (Fsp3) is 0.588. The molecule has 1 saturated heterocycles. The fourth-order valence-electron chi connectivity index (χ4n) is 3.02. The quantitative estimate of drug-likeness (QED) is 0.839. The van der Waals surface area contributed by atoms with E-state index in [0.717, 1.165) is 37.1 Å². The molecule has 0 aliphatic carbocycles. The van der Waals surface area contributed by atoms with Crippen molar-refractivity contribution < 1.29 is 9.90 Å². The first kappa shape index (κ1) is 15.2. The second-order valence-electron chi connectivity index (χ2n) is 6.08. The molecule has 2 rings (SSSR count). The van der Waals surface area contributed by atoms with Crippen molar-refractivity contribution in [2.45, 2.75) is 33.6 Å². The monoisotopic (exact) mass is 275 g/mol. The molecule has 0 amide bonds. The number of likely N-dealkylation sites (tertiary alicyclic amines) is 1. The number of aliphatic hydroxyl groups excluding tert-OH is 1. The summed E-state index contributed by atoms with van der Waals surface area (Å²) in [5, 5.41) is 8.98. The van der Waals surface area contributed by atoms with Crippen molar-refractivity contribution in [1.29, 1.82) is 0 Å². The number of ketones is 1. The van der Waals surface area contributed by atoms with Crippen LogP contribution in [-0.4, -0.2) is 42.0 Å². The predicted molar refractivity (Wildman–Crippen MR) is 81.2 cm³/mol. The highest BCUT2D eigenvalue weighted by atomic mass is 16.3. The Labute approximate surface area is 121 Å². The van der Waals surface area contributed by atoms with E-state index in [0.29, 0.717) is 12.5 Å². The summed E-state index contributed by atoms with van der Waals surface area (Å²) in [6.07, 6.45) is 1.95. The second kappa shape index (κ2) is 6.51. The van der Waals surface area contributed by atoms with Crippen molar-refractivity contribution in [2.75, 3.05) is 26.2 Å². The van der Waals surface area contributed by atoms with Crippen molar-refractivity contribution >= 4 is 5.78 Å². The molecule has 3 heteroatoms. The largest absolute Gasteiger partial charge is 0.396 e. The van der Waals surface area contributed by atoms with Crippen LogP contribution in [0.5, 0.6) is 0 Å². The maximum absolute atomic E-state index is 12.5. The number of Topliss-reactive ketones (excluding diaryl/α,β-unsaturated/α-hetero) is 1. The number of rotatable bonds is 5. The highest BCUT2D eigenvalue weighted by Crippen LogP contribution is 2.21. The molecule has 1 aliphatic rings. The number of carbonyl (C=O) groups is 1. The fourth-order valence-corrected chi connectivity index (χ4v) is 3.02. The summed E-state index contributed by atoms with van der Waals surface area (Å²) in [5.74, 6) is 0.767. The Morgan fingerprint density at radius 1 is 1.25 bits per heavy atom. The average Bonchev–Trinajstić information content (AvgIpc) is 2.81. The van der Waals surface area contributed by atoms with E-state index in [-0.39, 0.29) is 12.4 Å². The molecule has 0 radical (unpaired) electrons. The molecule has 1 aromatic rings. The van der Waals surface area contributed by atoms with Gasteiger partial charge < -0.3 is 5.11 Å². The van der Waals surface area contributed by atoms with Crippen molar-refractivity contribution in [3.63, 3.8) is 0 Å². The summed E-state index contributed by atoms with van der Waals surface area (Å²) in [4.78, 5) is 14.7. The van der Waals surface area contributed by atoms with Crippen LogP contribution in [-0.2, 0) is 0 Å². The Morgan fingerprint density at radius 2 is 1.95 bits per heavy atom. The van der Waals surface area contributed by atoms with E-state index in [4.69, 9.17) is 5.11 Å². The average molecular weight is 275 g/mol. The minimum atomic E-state index is 0.218. The highest BCUT2D eigenvalue weighted by Gasteiger charge is 2.24. The number of aryl methyl sites for hydroxylation is 3. The molecule has 20 heavy (non-hydrogen) atoms. The second-order valence-corrected chi connectivity index (χ2v) is 6.08. The standard InChI is InChI=1S/C17H25NO2/c1-12-8-14(3)16(9-13(12)2)17(20)11-18-6-4-15(10-18)5-7-19/h8-9,15,19H,4-7,10-11H2,1-3H3. The molecule has 1 N–H and O–H groups in total. The van der Waals surface area contributed by atoms with Gasteiger partial charge in [-0.25, -0.2) is 0 Å². The van der Waals surface area contributed by atoms with Gasteiger partial charge in [0, 0.05) is 18.7 Å². The van der Waals surface area contributed by atoms with Gasteiger partial charge in [-0.1, -0.05) is 6.07 Å². The molecule has 1 aromatic carbocycles. The number of aliphatic hydroxyl groups is 1. The number of carbonyl (C=O) groups excluding carboxylic acids is 1. The molecule has 0 bridgehead atoms. The van der Waals surface area contributed by atoms with Crippen LogP contribution < -0.4 is 0 Å². The van der Waals surface area contributed by atoms with Gasteiger partial charge in [-0.15, -0.1) is 0 Å². The molecule has 1 unspecified atom stereocenters. The third kappa shape index (κ3) is 3.47. The first-order valence-corrected chi connectivity index (χ1v) is 7.45. The smallest absolute Gasteiger partial charge is 0.177 e. The van der Waals surface area contributed by atoms with Crippen molar-refractivity contribution in [2.24, 2.45) is 5.92 Å². The summed E-state index contributed by atoms with van der Waals surface area (Å²) in [6.45, 7) is 8.82. The van der Waals surface area contributed by atoms with Crippen molar-refractivity contribution in [3.05, 3.63) is 34.4 Å². The molecule has 0 saturated carbocycles. The molecule has 1 aliphatic heterocycles. The minimum absolute atomic E-state index is 0.218. The van der Waals surface area contributed by atoms with Gasteiger partial charge >= 0.3 is 0 Å². The van der Waals surface area contributed by atoms with Crippen molar-refractivity contribution in [1.82, 2.24) is 4.90 Å². The van der Waals surface area contributed by atoms with Crippen LogP contribution in [0.2, 0.25) is 0 Å². The number of hydrogen-bond donors (Lipinski definition) is 1. The normalized spacial score (nSPS) is 19.5. The molecule has 0 aromatic heterocycles. The van der Waals surface area contributed by atoms with Crippen LogP contribution in [0.25, 0.3) is 0 Å². The summed E-state index contributed by atoms with van der Waals surface area (Å²) in [7, 11) is 0. The van der Waals surface area contributed by atoms with Gasteiger partial charge in [-0.05, 0) is 68.8 Å². The van der Waals surface area contributed by atoms with Crippen LogP contribution in [0.3, 0.4) is 0 Å². The van der Waals surface area contributed by atoms with E-state index < -0.39 is 0 Å². The summed E-state index contributed by atoms with van der Waals surface area (Å²) in [6, 6.07) is 4.12. The van der Waals surface area contributed by atoms with Crippen LogP contribution in [0.15, 0.2) is 12.1 Å². The predicted octanol–water partition coefficient (Wildman–Crippen LogP) is 2.50. The number of nitrogens with zero attached hydrogens (tertiary/aromatic N) is 1. The molecule has 3 nitrogen and oxygen atoms in total. The first-order valence-electron chi connectivity index (χ1n) is 7.45. The molecular weight excluding hydrogens is 250 g/mol. The Kier molecular flexibility index (Phi) is 4.95. The highest BCUT2D eigenvalue weighted by molar-refractivity contribution is 5.99. The lowest BCUT2D eigenvalue weighted by molar-refractivity contribution is 0.0942. The zero-order chi connectivity index (χ0) is 14.7. The number of benzene rings is 1. The zero-order valence-corrected chi connectivity index (χ0v) is 12.8. The first-order chi connectivity index (χ1) is 9.51. The molecule has 1 fully saturated rings. The van der Waals surface area contributed by atoms with Gasteiger partial charge in [0.1, 0.15) is 0 Å². The molecule has 110 valence electrons. The maximum atomic E-state index is 12.5. The van der Waals surface area contributed by atoms with E-state index in [1.807, 2.05) is 13.0 Å². The van der Waals surface area contributed by atoms with Gasteiger partial charge in [0.05, 0.1) is 6.54 Å². The molecule has 0 spiro atoms. The minimum Gasteiger partial charge on any atom is -0.396 e. The van der Waals surface area contributed by atoms with Gasteiger partial charge in [-0.3, -0.25) is 9.69 Å². The Balaban J connectivity index is 2.01. The van der Waals surface area contributed by atoms with Gasteiger partial charge in [0.15, 0.2) is 5.78 Å². The lowest BCUT2D eigenvalue weighted by Gasteiger charge is -2.16. The molecular formula is C17H25NO2. The Morgan fingerprint density at radius 3 is 2.65 bits per heavy atom. The van der Waals surface area contributed by atoms with Gasteiger partial charge in [0.25, 0.3) is 0 Å². The maximum Gasteiger partial charge on any atom is 0.177 e. The lowest BCUT2D eigenvalue weighted by atomic mass is 9.98. The zero-order valence-electron chi connectivity index (χ0n) is 12.8. The molecule has 1 atom stereocenters. The van der Waals surface area contributed by atoms with Crippen LogP contribution >= 0.6 is 0 Å². The van der Waals surface area contributed by atoms with Crippen LogP contribution in [0.4, 0.5) is 0 Å². The van der Waals surface area contributed by atoms with Crippen molar-refractivity contribution in [3.8, 4) is 0 Å². The molecule has 1 heterocycles. The summed E-state index contributed by atoms with van der Waals surface area (Å²) < 4.78 is 0. The van der Waals surface area contributed by atoms with E-state index in [1.54, 1.807) is 0 Å². The van der Waals surface area contributed by atoms with Gasteiger partial charge in [0.2, 0.25) is 0 Å². The van der Waals surface area contributed by atoms with E-state index >= 15 is 0 Å². The third-order valence-corrected chi connectivity index (χ3v) is 4.42. The van der Waals surface area contributed by atoms with E-state index in [2.05, 4.69) is 24.8 Å². The number of hydrogen-bond acceptors (Lipinski definition) is 3. The van der Waals surface area contributed by atoms with Gasteiger partial charge in [-0.2, -0.15) is 0 Å².